The van der Waals surface area contributed by atoms with Gasteiger partial charge in [0, 0.05) is 5.69 Å². The van der Waals surface area contributed by atoms with Crippen LogP contribution in [0.1, 0.15) is 22.5 Å². The number of benzene rings is 1. The third kappa shape index (κ3) is 1.74. The number of aliphatic hydroxyl groups excluding tert-OH is 1. The molecule has 0 aliphatic rings. The molecule has 1 aromatic carbocycles. The maximum absolute atomic E-state index is 9.09. The number of rotatable bonds is 2. The summed E-state index contributed by atoms with van der Waals surface area (Å²) in [6, 6.07) is 8.09. The van der Waals surface area contributed by atoms with Crippen molar-refractivity contribution in [3.05, 3.63) is 46.8 Å². The van der Waals surface area contributed by atoms with Crippen LogP contribution in [-0.2, 0) is 6.61 Å². The van der Waals surface area contributed by atoms with Crippen LogP contribution in [0, 0.1) is 20.8 Å². The van der Waals surface area contributed by atoms with E-state index in [2.05, 4.69) is 31.1 Å². The average molecular weight is 216 g/mol. The first kappa shape index (κ1) is 10.9. The highest BCUT2D eigenvalue weighted by Crippen LogP contribution is 2.20. The Bertz CT molecular complexity index is 494. The van der Waals surface area contributed by atoms with E-state index >= 15 is 0 Å². The van der Waals surface area contributed by atoms with Gasteiger partial charge in [-0.1, -0.05) is 18.2 Å². The molecule has 0 amide bonds. The molecular weight excluding hydrogens is 200 g/mol. The van der Waals surface area contributed by atoms with E-state index in [1.54, 1.807) is 0 Å². The van der Waals surface area contributed by atoms with Crippen LogP contribution in [0.25, 0.3) is 5.69 Å². The van der Waals surface area contributed by atoms with E-state index < -0.39 is 0 Å². The van der Waals surface area contributed by atoms with Crippen molar-refractivity contribution in [1.82, 2.24) is 9.78 Å². The maximum atomic E-state index is 9.09. The number of hydrogen-bond acceptors (Lipinski definition) is 2. The van der Waals surface area contributed by atoms with E-state index in [0.29, 0.717) is 5.69 Å². The van der Waals surface area contributed by atoms with Crippen LogP contribution in [0.3, 0.4) is 0 Å². The van der Waals surface area contributed by atoms with Crippen molar-refractivity contribution in [2.75, 3.05) is 0 Å². The Morgan fingerprint density at radius 2 is 1.81 bits per heavy atom. The third-order valence-electron chi connectivity index (χ3n) is 2.75. The lowest BCUT2D eigenvalue weighted by molar-refractivity contribution is 0.276. The lowest BCUT2D eigenvalue weighted by atomic mass is 10.1. The Balaban J connectivity index is 2.62. The minimum absolute atomic E-state index is 0.0151. The lowest BCUT2D eigenvalue weighted by Gasteiger charge is -2.11. The summed E-state index contributed by atoms with van der Waals surface area (Å²) in [4.78, 5) is 0. The molecule has 0 saturated carbocycles. The van der Waals surface area contributed by atoms with Crippen molar-refractivity contribution >= 4 is 0 Å². The van der Waals surface area contributed by atoms with Crippen molar-refractivity contribution in [3.8, 4) is 5.69 Å². The van der Waals surface area contributed by atoms with Crippen LogP contribution in [0.2, 0.25) is 0 Å². The normalized spacial score (nSPS) is 10.8. The molecule has 3 nitrogen and oxygen atoms in total. The van der Waals surface area contributed by atoms with Gasteiger partial charge < -0.3 is 5.11 Å². The summed E-state index contributed by atoms with van der Waals surface area (Å²) in [6.07, 6.45) is 0. The highest BCUT2D eigenvalue weighted by Gasteiger charge is 2.09. The Morgan fingerprint density at radius 3 is 2.31 bits per heavy atom. The highest BCUT2D eigenvalue weighted by atomic mass is 16.3. The molecule has 0 bridgehead atoms. The van der Waals surface area contributed by atoms with E-state index in [1.807, 2.05) is 23.7 Å². The predicted molar refractivity (Wildman–Crippen MR) is 63.7 cm³/mol. The Hall–Kier alpha value is -1.61. The van der Waals surface area contributed by atoms with Crippen LogP contribution < -0.4 is 0 Å². The van der Waals surface area contributed by atoms with E-state index in [1.165, 1.54) is 11.1 Å². The van der Waals surface area contributed by atoms with Crippen LogP contribution in [0.4, 0.5) is 0 Å². The second kappa shape index (κ2) is 4.10. The van der Waals surface area contributed by atoms with Gasteiger partial charge in [0.1, 0.15) is 0 Å². The largest absolute Gasteiger partial charge is 0.390 e. The zero-order valence-electron chi connectivity index (χ0n) is 9.86. The molecule has 0 spiro atoms. The van der Waals surface area contributed by atoms with Crippen LogP contribution in [-0.4, -0.2) is 14.9 Å². The monoisotopic (exact) mass is 216 g/mol. The van der Waals surface area contributed by atoms with E-state index in [0.717, 1.165) is 11.4 Å². The third-order valence-corrected chi connectivity index (χ3v) is 2.75. The summed E-state index contributed by atoms with van der Waals surface area (Å²) in [6.45, 7) is 6.13. The van der Waals surface area contributed by atoms with Gasteiger partial charge in [-0.25, -0.2) is 4.68 Å². The van der Waals surface area contributed by atoms with Crippen molar-refractivity contribution in [1.29, 1.82) is 0 Å². The minimum Gasteiger partial charge on any atom is -0.390 e. The first-order chi connectivity index (χ1) is 7.63. The highest BCUT2D eigenvalue weighted by molar-refractivity contribution is 5.47. The molecule has 3 heteroatoms. The molecule has 84 valence electrons. The Labute approximate surface area is 95.3 Å². The zero-order chi connectivity index (χ0) is 11.7. The van der Waals surface area contributed by atoms with E-state index in [9.17, 15) is 0 Å². The molecule has 0 fully saturated rings. The molecule has 0 aliphatic heterocycles. The quantitative estimate of drug-likeness (QED) is 0.836. The summed E-state index contributed by atoms with van der Waals surface area (Å²) in [7, 11) is 0. The van der Waals surface area contributed by atoms with E-state index in [-0.39, 0.29) is 6.61 Å². The number of para-hydroxylation sites is 1. The van der Waals surface area contributed by atoms with Gasteiger partial charge in [-0.15, -0.1) is 0 Å². The summed E-state index contributed by atoms with van der Waals surface area (Å²) >= 11 is 0. The van der Waals surface area contributed by atoms with Crippen molar-refractivity contribution in [2.45, 2.75) is 27.4 Å². The Morgan fingerprint density at radius 1 is 1.19 bits per heavy atom. The molecule has 0 aliphatic carbocycles. The maximum Gasteiger partial charge on any atom is 0.0886 e. The van der Waals surface area contributed by atoms with Gasteiger partial charge >= 0.3 is 0 Å². The van der Waals surface area contributed by atoms with Gasteiger partial charge in [-0.3, -0.25) is 0 Å². The summed E-state index contributed by atoms with van der Waals surface area (Å²) < 4.78 is 1.90. The fourth-order valence-electron chi connectivity index (χ4n) is 1.98. The number of aryl methyl sites for hydroxylation is 3. The second-order valence-electron chi connectivity index (χ2n) is 4.09. The molecule has 16 heavy (non-hydrogen) atoms. The average Bonchev–Trinajstić information content (AvgIpc) is 2.60. The van der Waals surface area contributed by atoms with Gasteiger partial charge in [0.15, 0.2) is 0 Å². The zero-order valence-corrected chi connectivity index (χ0v) is 9.86. The Kier molecular flexibility index (Phi) is 2.79. The van der Waals surface area contributed by atoms with Crippen molar-refractivity contribution in [3.63, 3.8) is 0 Å². The van der Waals surface area contributed by atoms with Gasteiger partial charge in [0.05, 0.1) is 18.0 Å². The van der Waals surface area contributed by atoms with Crippen LogP contribution >= 0.6 is 0 Å². The first-order valence-corrected chi connectivity index (χ1v) is 5.36. The molecule has 0 atom stereocenters. The van der Waals surface area contributed by atoms with Gasteiger partial charge in [0.25, 0.3) is 0 Å². The fraction of sp³-hybridized carbons (Fsp3) is 0.308. The molecule has 1 N–H and O–H groups in total. The molecule has 0 saturated heterocycles. The molecular formula is C13H16N2O. The first-order valence-electron chi connectivity index (χ1n) is 5.36. The van der Waals surface area contributed by atoms with Gasteiger partial charge in [-0.05, 0) is 38.0 Å². The number of hydrogen-bond donors (Lipinski definition) is 1. The smallest absolute Gasteiger partial charge is 0.0886 e. The minimum atomic E-state index is -0.0151. The second-order valence-corrected chi connectivity index (χ2v) is 4.09. The topological polar surface area (TPSA) is 38.0 Å². The van der Waals surface area contributed by atoms with Crippen molar-refractivity contribution in [2.24, 2.45) is 0 Å². The van der Waals surface area contributed by atoms with E-state index in [4.69, 9.17) is 5.11 Å². The summed E-state index contributed by atoms with van der Waals surface area (Å²) in [5.74, 6) is 0. The summed E-state index contributed by atoms with van der Waals surface area (Å²) in [5.41, 5.74) is 5.24. The SMILES string of the molecule is Cc1cccc(C)c1-n1nc(CO)cc1C. The number of aliphatic hydroxyl groups is 1. The molecule has 1 heterocycles. The molecule has 1 aromatic heterocycles. The van der Waals surface area contributed by atoms with Crippen molar-refractivity contribution < 1.29 is 5.11 Å². The molecule has 0 radical (unpaired) electrons. The standard InChI is InChI=1S/C13H16N2O/c1-9-5-4-6-10(2)13(9)15-11(3)7-12(8-16)14-15/h4-7,16H,8H2,1-3H3. The van der Waals surface area contributed by atoms with Crippen LogP contribution in [0.15, 0.2) is 24.3 Å². The molecule has 0 unspecified atom stereocenters. The van der Waals surface area contributed by atoms with Gasteiger partial charge in [0.2, 0.25) is 0 Å². The summed E-state index contributed by atoms with van der Waals surface area (Å²) in [5, 5.41) is 13.5. The lowest BCUT2D eigenvalue weighted by Crippen LogP contribution is -2.04. The number of nitrogens with zero attached hydrogens (tertiary/aromatic N) is 2. The molecule has 2 aromatic rings. The van der Waals surface area contributed by atoms with Crippen LogP contribution in [0.5, 0.6) is 0 Å². The molecule has 2 rings (SSSR count). The van der Waals surface area contributed by atoms with Gasteiger partial charge in [-0.2, -0.15) is 5.10 Å². The number of aromatic nitrogens is 2. The predicted octanol–water partition coefficient (Wildman–Crippen LogP) is 2.29. The fourth-order valence-corrected chi connectivity index (χ4v) is 1.98.